The second-order valence-corrected chi connectivity index (χ2v) is 3.17. The van der Waals surface area contributed by atoms with E-state index in [1.165, 1.54) is 0 Å². The molecule has 1 aliphatic heterocycles. The van der Waals surface area contributed by atoms with E-state index in [-0.39, 0.29) is 0 Å². The summed E-state index contributed by atoms with van der Waals surface area (Å²) in [6, 6.07) is 6.12. The smallest absolute Gasteiger partial charge is 0.0621 e. The third-order valence-corrected chi connectivity index (χ3v) is 2.12. The molecule has 4 N–H and O–H groups in total. The van der Waals surface area contributed by atoms with E-state index >= 15 is 0 Å². The molecule has 3 nitrogen and oxygen atoms in total. The molecule has 0 saturated carbocycles. The zero-order valence-corrected chi connectivity index (χ0v) is 7.43. The van der Waals surface area contributed by atoms with Crippen molar-refractivity contribution in [2.24, 2.45) is 5.73 Å². The van der Waals surface area contributed by atoms with Crippen molar-refractivity contribution in [2.75, 3.05) is 17.2 Å². The normalized spacial score (nSPS) is 14.4. The van der Waals surface area contributed by atoms with Gasteiger partial charge in [0.15, 0.2) is 0 Å². The van der Waals surface area contributed by atoms with Crippen molar-refractivity contribution in [1.82, 2.24) is 0 Å². The van der Waals surface area contributed by atoms with Crippen LogP contribution in [0.4, 0.5) is 11.4 Å². The second-order valence-electron chi connectivity index (χ2n) is 3.17. The predicted octanol–water partition coefficient (Wildman–Crippen LogP) is 1.50. The molecule has 0 aromatic heterocycles. The van der Waals surface area contributed by atoms with Gasteiger partial charge in [-0.25, -0.2) is 0 Å². The molecule has 0 saturated heterocycles. The van der Waals surface area contributed by atoms with Crippen molar-refractivity contribution >= 4 is 11.4 Å². The van der Waals surface area contributed by atoms with Crippen LogP contribution in [0.1, 0.15) is 5.56 Å². The molecular formula is C10H13N3. The molecule has 1 heterocycles. The Morgan fingerprint density at radius 2 is 2.23 bits per heavy atom. The van der Waals surface area contributed by atoms with E-state index in [2.05, 4.69) is 17.2 Å². The average molecular weight is 175 g/mol. The van der Waals surface area contributed by atoms with Gasteiger partial charge in [0.05, 0.1) is 17.9 Å². The number of hydrogen-bond donors (Lipinski definition) is 3. The van der Waals surface area contributed by atoms with E-state index in [9.17, 15) is 0 Å². The highest BCUT2D eigenvalue weighted by molar-refractivity contribution is 5.74. The van der Waals surface area contributed by atoms with Gasteiger partial charge in [0.1, 0.15) is 0 Å². The molecule has 13 heavy (non-hydrogen) atoms. The molecule has 68 valence electrons. The maximum Gasteiger partial charge on any atom is 0.0621 e. The Bertz CT molecular complexity index is 344. The molecule has 0 spiro atoms. The third kappa shape index (κ3) is 1.51. The Labute approximate surface area is 77.6 Å². The molecule has 3 heteroatoms. The number of nitrogens with two attached hydrogens (primary N) is 1. The van der Waals surface area contributed by atoms with Crippen LogP contribution in [0, 0.1) is 0 Å². The average Bonchev–Trinajstić information content (AvgIpc) is 2.16. The van der Waals surface area contributed by atoms with Crippen LogP contribution in [0.15, 0.2) is 30.5 Å². The lowest BCUT2D eigenvalue weighted by molar-refractivity contribution is 1.07. The first-order chi connectivity index (χ1) is 6.29. The SMILES string of the molecule is C=C1CNc2ccc(CN)cc2N1. The molecule has 1 aromatic carbocycles. The van der Waals surface area contributed by atoms with Crippen LogP contribution in [0.3, 0.4) is 0 Å². The largest absolute Gasteiger partial charge is 0.378 e. The van der Waals surface area contributed by atoms with E-state index in [4.69, 9.17) is 5.73 Å². The summed E-state index contributed by atoms with van der Waals surface area (Å²) in [5, 5.41) is 6.48. The van der Waals surface area contributed by atoms with Crippen LogP contribution >= 0.6 is 0 Å². The first kappa shape index (κ1) is 8.13. The second kappa shape index (κ2) is 3.11. The van der Waals surface area contributed by atoms with Gasteiger partial charge in [0.2, 0.25) is 0 Å². The molecule has 1 aromatic rings. The lowest BCUT2D eigenvalue weighted by Crippen LogP contribution is -2.18. The standard InChI is InChI=1S/C10H13N3/c1-7-6-12-9-3-2-8(5-11)4-10(9)13-7/h2-4,12-13H,1,5-6,11H2. The van der Waals surface area contributed by atoms with E-state index in [0.717, 1.165) is 29.2 Å². The van der Waals surface area contributed by atoms with Crippen LogP contribution < -0.4 is 16.4 Å². The topological polar surface area (TPSA) is 50.1 Å². The van der Waals surface area contributed by atoms with Crippen LogP contribution in [0.2, 0.25) is 0 Å². The number of nitrogens with one attached hydrogen (secondary N) is 2. The maximum absolute atomic E-state index is 5.55. The molecular weight excluding hydrogens is 162 g/mol. The fraction of sp³-hybridized carbons (Fsp3) is 0.200. The summed E-state index contributed by atoms with van der Waals surface area (Å²) in [6.07, 6.45) is 0. The van der Waals surface area contributed by atoms with Crippen molar-refractivity contribution in [1.29, 1.82) is 0 Å². The summed E-state index contributed by atoms with van der Waals surface area (Å²) in [7, 11) is 0. The van der Waals surface area contributed by atoms with Gasteiger partial charge in [0.25, 0.3) is 0 Å². The van der Waals surface area contributed by atoms with Crippen LogP contribution in [-0.2, 0) is 6.54 Å². The molecule has 2 rings (SSSR count). The minimum atomic E-state index is 0.571. The molecule has 0 fully saturated rings. The minimum absolute atomic E-state index is 0.571. The van der Waals surface area contributed by atoms with Crippen LogP contribution in [0.25, 0.3) is 0 Å². The van der Waals surface area contributed by atoms with Crippen LogP contribution in [0.5, 0.6) is 0 Å². The highest BCUT2D eigenvalue weighted by Gasteiger charge is 2.09. The predicted molar refractivity (Wildman–Crippen MR) is 55.6 cm³/mol. The van der Waals surface area contributed by atoms with Gasteiger partial charge in [0, 0.05) is 12.2 Å². The van der Waals surface area contributed by atoms with Gasteiger partial charge in [-0.2, -0.15) is 0 Å². The van der Waals surface area contributed by atoms with Gasteiger partial charge < -0.3 is 16.4 Å². The zero-order chi connectivity index (χ0) is 9.26. The van der Waals surface area contributed by atoms with E-state index in [1.807, 2.05) is 18.2 Å². The van der Waals surface area contributed by atoms with Gasteiger partial charge in [-0.1, -0.05) is 12.6 Å². The van der Waals surface area contributed by atoms with Crippen molar-refractivity contribution in [3.05, 3.63) is 36.0 Å². The number of rotatable bonds is 1. The highest BCUT2D eigenvalue weighted by atomic mass is 15.0. The summed E-state index contributed by atoms with van der Waals surface area (Å²) in [4.78, 5) is 0. The number of hydrogen-bond acceptors (Lipinski definition) is 3. The molecule has 0 radical (unpaired) electrons. The molecule has 0 unspecified atom stereocenters. The first-order valence-corrected chi connectivity index (χ1v) is 4.31. The van der Waals surface area contributed by atoms with E-state index in [0.29, 0.717) is 6.54 Å². The maximum atomic E-state index is 5.55. The monoisotopic (exact) mass is 175 g/mol. The fourth-order valence-electron chi connectivity index (χ4n) is 1.41. The Balaban J connectivity index is 2.38. The third-order valence-electron chi connectivity index (χ3n) is 2.12. The van der Waals surface area contributed by atoms with Crippen LogP contribution in [-0.4, -0.2) is 6.54 Å². The summed E-state index contributed by atoms with van der Waals surface area (Å²) in [5.74, 6) is 0. The molecule has 0 amide bonds. The minimum Gasteiger partial charge on any atom is -0.378 e. The molecule has 1 aliphatic rings. The number of anilines is 2. The van der Waals surface area contributed by atoms with Crippen molar-refractivity contribution in [2.45, 2.75) is 6.54 Å². The molecule has 0 atom stereocenters. The van der Waals surface area contributed by atoms with E-state index in [1.54, 1.807) is 0 Å². The van der Waals surface area contributed by atoms with Gasteiger partial charge in [-0.05, 0) is 17.7 Å². The van der Waals surface area contributed by atoms with Gasteiger partial charge >= 0.3 is 0 Å². The highest BCUT2D eigenvalue weighted by Crippen LogP contribution is 2.27. The lowest BCUT2D eigenvalue weighted by Gasteiger charge is -2.22. The quantitative estimate of drug-likeness (QED) is 0.606. The first-order valence-electron chi connectivity index (χ1n) is 4.31. The Kier molecular flexibility index (Phi) is 1.94. The zero-order valence-electron chi connectivity index (χ0n) is 7.43. The fourth-order valence-corrected chi connectivity index (χ4v) is 1.41. The Hall–Kier alpha value is -1.48. The Morgan fingerprint density at radius 3 is 3.00 bits per heavy atom. The summed E-state index contributed by atoms with van der Waals surface area (Å²) >= 11 is 0. The number of fused-ring (bicyclic) bond motifs is 1. The lowest BCUT2D eigenvalue weighted by atomic mass is 10.1. The van der Waals surface area contributed by atoms with Gasteiger partial charge in [-0.15, -0.1) is 0 Å². The Morgan fingerprint density at radius 1 is 1.38 bits per heavy atom. The summed E-state index contributed by atoms with van der Waals surface area (Å²) < 4.78 is 0. The molecule has 0 bridgehead atoms. The summed E-state index contributed by atoms with van der Waals surface area (Å²) in [5.41, 5.74) is 9.85. The van der Waals surface area contributed by atoms with Crippen molar-refractivity contribution in [3.8, 4) is 0 Å². The molecule has 0 aliphatic carbocycles. The number of benzene rings is 1. The summed E-state index contributed by atoms with van der Waals surface area (Å²) in [6.45, 7) is 5.22. The van der Waals surface area contributed by atoms with Gasteiger partial charge in [-0.3, -0.25) is 0 Å². The van der Waals surface area contributed by atoms with E-state index < -0.39 is 0 Å². The van der Waals surface area contributed by atoms with Crippen molar-refractivity contribution in [3.63, 3.8) is 0 Å². The van der Waals surface area contributed by atoms with Crippen molar-refractivity contribution < 1.29 is 0 Å².